The molecular weight excluding hydrogens is 993 g/mol. The van der Waals surface area contributed by atoms with Gasteiger partial charge in [0, 0.05) is 72.5 Å². The van der Waals surface area contributed by atoms with Crippen LogP contribution in [0.15, 0.2) is 96.0 Å². The second-order valence-corrected chi connectivity index (χ2v) is 21.3. The lowest BCUT2D eigenvalue weighted by molar-refractivity contribution is 0.318. The minimum atomic E-state index is 0.127. The second-order valence-electron chi connectivity index (χ2n) is 20.4. The van der Waals surface area contributed by atoms with Crippen LogP contribution in [0.1, 0.15) is 135 Å². The van der Waals surface area contributed by atoms with Crippen LogP contribution in [-0.2, 0) is 13.1 Å². The third-order valence-corrected chi connectivity index (χ3v) is 14.5. The van der Waals surface area contributed by atoms with E-state index in [9.17, 15) is 0 Å². The van der Waals surface area contributed by atoms with Gasteiger partial charge in [-0.15, -0.1) is 0 Å². The fourth-order valence-corrected chi connectivity index (χ4v) is 9.85. The predicted molar refractivity (Wildman–Crippen MR) is 307 cm³/mol. The molecule has 0 bridgehead atoms. The minimum Gasteiger partial charge on any atom is -0.397 e. The summed E-state index contributed by atoms with van der Waals surface area (Å²) in [4.78, 5) is 28.4. The zero-order valence-electron chi connectivity index (χ0n) is 44.1. The van der Waals surface area contributed by atoms with Crippen molar-refractivity contribution in [1.29, 1.82) is 0 Å². The fourth-order valence-electron chi connectivity index (χ4n) is 9.58. The van der Waals surface area contributed by atoms with Gasteiger partial charge in [0.25, 0.3) is 0 Å². The van der Waals surface area contributed by atoms with Gasteiger partial charge in [-0.2, -0.15) is 19.9 Å². The number of anilines is 4. The number of nitrogens with one attached hydrogen (secondary N) is 4. The van der Waals surface area contributed by atoms with E-state index < -0.39 is 0 Å². The lowest BCUT2D eigenvalue weighted by atomic mass is 9.91. The van der Waals surface area contributed by atoms with Gasteiger partial charge < -0.3 is 58.4 Å². The summed E-state index contributed by atoms with van der Waals surface area (Å²) >= 11 is 3.48. The number of hydrogen-bond donors (Lipinski definition) is 9. The Bertz CT molecular complexity index is 2760. The molecule has 0 amide bonds. The highest BCUT2D eigenvalue weighted by Crippen LogP contribution is 2.29. The van der Waals surface area contributed by atoms with Gasteiger partial charge in [0.05, 0.1) is 12.7 Å². The fraction of sp³-hybridized carbons (Fsp3) is 0.500. The number of hydrogen-bond acceptors (Lipinski definition) is 15. The summed E-state index contributed by atoms with van der Waals surface area (Å²) in [7, 11) is 0. The molecule has 0 saturated heterocycles. The largest absolute Gasteiger partial charge is 0.397 e. The van der Waals surface area contributed by atoms with E-state index in [1.807, 2.05) is 30.9 Å². The molecule has 6 atom stereocenters. The maximum Gasteiger partial charge on any atom is 0.227 e. The van der Waals surface area contributed by atoms with E-state index in [0.717, 1.165) is 77.0 Å². The van der Waals surface area contributed by atoms with Crippen molar-refractivity contribution in [2.75, 3.05) is 27.9 Å². The molecule has 3 aliphatic carbocycles. The van der Waals surface area contributed by atoms with Gasteiger partial charge in [0.1, 0.15) is 0 Å². The summed E-state index contributed by atoms with van der Waals surface area (Å²) in [5.74, 6) is 2.70. The average molecular weight is 1070 g/mol. The third kappa shape index (κ3) is 15.4. The molecule has 7 aromatic rings. The summed E-state index contributed by atoms with van der Waals surface area (Å²) in [6, 6.07) is 29.0. The van der Waals surface area contributed by atoms with Crippen LogP contribution >= 0.6 is 15.9 Å². The molecule has 17 nitrogen and oxygen atoms in total. The number of imidazole rings is 2. The summed E-state index contributed by atoms with van der Waals surface area (Å²) in [5.41, 5.74) is 32.0. The molecule has 4 heterocycles. The number of nitrogens with zero attached hydrogens (tertiary/aromatic N) is 8. The number of benzene rings is 3. The molecule has 0 unspecified atom stereocenters. The Kier molecular flexibility index (Phi) is 20.9. The highest BCUT2D eigenvalue weighted by Gasteiger charge is 2.26. The number of aliphatic hydroxyl groups is 1. The number of halogens is 1. The van der Waals surface area contributed by atoms with Gasteiger partial charge in [-0.3, -0.25) is 0 Å². The van der Waals surface area contributed by atoms with E-state index in [-0.39, 0.29) is 54.9 Å². The van der Waals surface area contributed by atoms with Gasteiger partial charge in [0.2, 0.25) is 11.9 Å². The monoisotopic (exact) mass is 1070 g/mol. The molecule has 0 aliphatic heterocycles. The number of aromatic nitrogens is 8. The Morgan fingerprint density at radius 2 is 0.919 bits per heavy atom. The topological polar surface area (TPSA) is 260 Å². The molecule has 4 aromatic heterocycles. The van der Waals surface area contributed by atoms with Crippen LogP contribution in [0.4, 0.5) is 23.5 Å². The van der Waals surface area contributed by atoms with Crippen molar-refractivity contribution in [3.8, 4) is 11.1 Å². The number of rotatable bonds is 13. The number of aliphatic hydroxyl groups excluding tert-OH is 1. The molecule has 3 saturated carbocycles. The lowest BCUT2D eigenvalue weighted by Gasteiger charge is -2.29. The molecule has 3 aliphatic rings. The Morgan fingerprint density at radius 3 is 1.31 bits per heavy atom. The van der Waals surface area contributed by atoms with Crippen LogP contribution in [0.3, 0.4) is 0 Å². The molecule has 10 rings (SSSR count). The van der Waals surface area contributed by atoms with Crippen molar-refractivity contribution in [1.82, 2.24) is 39.0 Å². The van der Waals surface area contributed by atoms with Crippen LogP contribution in [0.25, 0.3) is 33.5 Å². The van der Waals surface area contributed by atoms with Crippen molar-refractivity contribution in [2.24, 2.45) is 22.9 Å². The summed E-state index contributed by atoms with van der Waals surface area (Å²) in [5, 5.41) is 21.5. The van der Waals surface area contributed by atoms with E-state index in [0.29, 0.717) is 25.0 Å². The molecule has 18 heteroatoms. The van der Waals surface area contributed by atoms with E-state index >= 15 is 0 Å². The minimum absolute atomic E-state index is 0.127. The van der Waals surface area contributed by atoms with E-state index in [1.165, 1.54) is 60.8 Å². The molecule has 0 radical (unpaired) electrons. The first-order valence-corrected chi connectivity index (χ1v) is 27.6. The average Bonchev–Trinajstić information content (AvgIpc) is 4.05. The number of nitrogens with two attached hydrogens (primary N) is 4. The van der Waals surface area contributed by atoms with Crippen molar-refractivity contribution >= 4 is 61.8 Å². The Balaban J connectivity index is 0.000000181. The van der Waals surface area contributed by atoms with Crippen LogP contribution in [0.2, 0.25) is 0 Å². The van der Waals surface area contributed by atoms with Crippen molar-refractivity contribution < 1.29 is 5.11 Å². The van der Waals surface area contributed by atoms with Crippen LogP contribution < -0.4 is 44.2 Å². The van der Waals surface area contributed by atoms with Crippen molar-refractivity contribution in [2.45, 2.75) is 173 Å². The zero-order chi connectivity index (χ0) is 52.6. The first-order chi connectivity index (χ1) is 35.8. The van der Waals surface area contributed by atoms with Gasteiger partial charge >= 0.3 is 0 Å². The Hall–Kier alpha value is -5.76. The van der Waals surface area contributed by atoms with Crippen LogP contribution in [0, 0.1) is 0 Å². The quantitative estimate of drug-likeness (QED) is 0.0520. The second kappa shape index (κ2) is 27.7. The Labute approximate surface area is 446 Å². The molecular formula is C56H81BrN16O. The highest BCUT2D eigenvalue weighted by atomic mass is 79.9. The highest BCUT2D eigenvalue weighted by molar-refractivity contribution is 9.10. The van der Waals surface area contributed by atoms with Crippen LogP contribution in [-0.4, -0.2) is 87.0 Å². The van der Waals surface area contributed by atoms with E-state index in [1.54, 1.807) is 6.92 Å². The lowest BCUT2D eigenvalue weighted by Crippen LogP contribution is -2.43. The molecule has 0 spiro atoms. The van der Waals surface area contributed by atoms with Gasteiger partial charge in [-0.05, 0) is 108 Å². The number of fused-ring (bicyclic) bond motifs is 2. The first kappa shape index (κ1) is 56.0. The molecule has 13 N–H and O–H groups in total. The maximum absolute atomic E-state index is 7.57. The van der Waals surface area contributed by atoms with Gasteiger partial charge in [0.15, 0.2) is 34.0 Å². The standard InChI is InChI=1S/C27H33N7.C21H28BrN7.C6H14N2.C2H6O/c1-18(2)34-17-30-24-25(32-27(33-26(24)34)31-23-11-7-6-10-22(23)28)29-16-19-12-14-21(15-13-19)20-8-4-3-5-9-20;1-13(2)29-12-25-18-19(24-11-14-7-9-15(22)10-8-14)27-21(28-20(18)29)26-17-6-4-3-5-16(17)23;7-5-3-1-2-4-6(5)8;1-2-3/h3-5,8-9,12-15,17-18,22-23H,6-7,10-11,16,28H2,1-2H3,(H2,29,31,32,33);7-10,12-13,16-17H,3-6,11,23H2,1-2H3,(H2,24,26,27,28);5-6H,1-4,7-8H2;3H,2H2,1H3/t22-,23-;16-,17-;5-,6-;/m111./s1. The third-order valence-electron chi connectivity index (χ3n) is 14.0. The summed E-state index contributed by atoms with van der Waals surface area (Å²) in [6.07, 6.45) is 17.4. The molecule has 3 aromatic carbocycles. The predicted octanol–water partition coefficient (Wildman–Crippen LogP) is 10.0. The smallest absolute Gasteiger partial charge is 0.227 e. The zero-order valence-corrected chi connectivity index (χ0v) is 45.7. The summed E-state index contributed by atoms with van der Waals surface area (Å²) < 4.78 is 5.23. The molecule has 74 heavy (non-hydrogen) atoms. The summed E-state index contributed by atoms with van der Waals surface area (Å²) in [6.45, 7) is 11.8. The van der Waals surface area contributed by atoms with Gasteiger partial charge in [-0.1, -0.05) is 121 Å². The normalized spacial score (nSPS) is 20.7. The Morgan fingerprint density at radius 1 is 0.541 bits per heavy atom. The maximum atomic E-state index is 7.57. The van der Waals surface area contributed by atoms with Crippen LogP contribution in [0.5, 0.6) is 0 Å². The molecule has 3 fully saturated rings. The van der Waals surface area contributed by atoms with Crippen molar-refractivity contribution in [3.63, 3.8) is 0 Å². The first-order valence-electron chi connectivity index (χ1n) is 26.8. The van der Waals surface area contributed by atoms with E-state index in [2.05, 4.69) is 145 Å². The van der Waals surface area contributed by atoms with Gasteiger partial charge in [-0.25, -0.2) is 9.97 Å². The van der Waals surface area contributed by atoms with Crippen molar-refractivity contribution in [3.05, 3.63) is 107 Å². The van der Waals surface area contributed by atoms with E-state index in [4.69, 9.17) is 48.0 Å². The SMILES string of the molecule is CC(C)n1cnc2c(NCc3ccc(-c4ccccc4)cc3)nc(N[C@@H]3CCCC[C@H]3N)nc21.CC(C)n1cnc2c(NCc3ccc(Br)cc3)nc(N[C@@H]3CCCC[C@H]3N)nc21.CCO.N[C@@H]1CCCC[C@H]1N. The molecule has 398 valence electrons.